The van der Waals surface area contributed by atoms with Crippen LogP contribution in [0.5, 0.6) is 0 Å². The summed E-state index contributed by atoms with van der Waals surface area (Å²) in [6.07, 6.45) is 3.22. The van der Waals surface area contributed by atoms with Gasteiger partial charge in [0.1, 0.15) is 0 Å². The number of nitro benzene ring substituents is 2. The van der Waals surface area contributed by atoms with Crippen LogP contribution in [0.2, 0.25) is 0 Å². The molecule has 11 heteroatoms. The molecule has 2 aromatic carbocycles. The molecule has 0 radical (unpaired) electrons. The number of non-ortho nitro benzene ring substituents is 1. The maximum Gasteiger partial charge on any atom is 0.283 e. The van der Waals surface area contributed by atoms with Crippen LogP contribution in [0.3, 0.4) is 0 Å². The van der Waals surface area contributed by atoms with E-state index >= 15 is 0 Å². The standard InChI is InChI=1S/C20H21N3O7S/c24-22(25)17-8-7-16(20(14-17)23(26)27)13-15-9-11-21(10-3-4-12-31(28,29)30)19-6-2-1-5-18(15)19/h1-2,5-8,13-14H,3-4,9-12H2,(H,28,29,30). The van der Waals surface area contributed by atoms with Gasteiger partial charge in [-0.25, -0.2) is 0 Å². The van der Waals surface area contributed by atoms with Gasteiger partial charge in [0.25, 0.3) is 21.5 Å². The number of fused-ring (bicyclic) bond motifs is 1. The number of unbranched alkanes of at least 4 members (excludes halogenated alkanes) is 1. The van der Waals surface area contributed by atoms with Crippen molar-refractivity contribution in [1.82, 2.24) is 0 Å². The van der Waals surface area contributed by atoms with E-state index < -0.39 is 20.0 Å². The van der Waals surface area contributed by atoms with Crippen molar-refractivity contribution in [2.45, 2.75) is 19.3 Å². The first kappa shape index (κ1) is 22.4. The summed E-state index contributed by atoms with van der Waals surface area (Å²) in [5, 5.41) is 22.4. The van der Waals surface area contributed by atoms with Crippen molar-refractivity contribution in [1.29, 1.82) is 0 Å². The van der Waals surface area contributed by atoms with E-state index in [1.165, 1.54) is 12.1 Å². The molecule has 0 atom stereocenters. The molecule has 10 nitrogen and oxygen atoms in total. The van der Waals surface area contributed by atoms with E-state index in [2.05, 4.69) is 4.90 Å². The number of nitrogens with zero attached hydrogens (tertiary/aromatic N) is 3. The summed E-state index contributed by atoms with van der Waals surface area (Å²) in [6, 6.07) is 11.2. The number of nitro groups is 2. The highest BCUT2D eigenvalue weighted by Gasteiger charge is 2.23. The molecule has 0 fully saturated rings. The SMILES string of the molecule is O=[N+]([O-])c1ccc(C=C2CCN(CCCCS(=O)(=O)O)c3ccccc32)c([N+](=O)[O-])c1. The van der Waals surface area contributed by atoms with Crippen molar-refractivity contribution >= 4 is 38.8 Å². The van der Waals surface area contributed by atoms with Crippen LogP contribution < -0.4 is 4.90 Å². The minimum atomic E-state index is -3.98. The summed E-state index contributed by atoms with van der Waals surface area (Å²) < 4.78 is 30.6. The lowest BCUT2D eigenvalue weighted by molar-refractivity contribution is -0.394. The maximum absolute atomic E-state index is 11.4. The van der Waals surface area contributed by atoms with Gasteiger partial charge in [-0.2, -0.15) is 8.42 Å². The summed E-state index contributed by atoms with van der Waals surface area (Å²) in [5.41, 5.74) is 2.33. The smallest absolute Gasteiger partial charge is 0.283 e. The Morgan fingerprint density at radius 1 is 1.06 bits per heavy atom. The molecule has 3 rings (SSSR count). The van der Waals surface area contributed by atoms with Crippen LogP contribution in [0, 0.1) is 20.2 Å². The van der Waals surface area contributed by atoms with Gasteiger partial charge < -0.3 is 4.90 Å². The fourth-order valence-corrected chi connectivity index (χ4v) is 4.18. The summed E-state index contributed by atoms with van der Waals surface area (Å²) in [6.45, 7) is 1.24. The number of anilines is 1. The molecular formula is C20H21N3O7S. The second kappa shape index (κ2) is 9.23. The highest BCUT2D eigenvalue weighted by molar-refractivity contribution is 7.85. The first-order valence-electron chi connectivity index (χ1n) is 9.58. The van der Waals surface area contributed by atoms with Crippen LogP contribution in [-0.4, -0.2) is 41.7 Å². The van der Waals surface area contributed by atoms with Crippen molar-refractivity contribution in [3.63, 3.8) is 0 Å². The second-order valence-corrected chi connectivity index (χ2v) is 8.75. The molecule has 31 heavy (non-hydrogen) atoms. The zero-order valence-electron chi connectivity index (χ0n) is 16.5. The zero-order valence-corrected chi connectivity index (χ0v) is 17.3. The molecule has 0 saturated heterocycles. The van der Waals surface area contributed by atoms with Gasteiger partial charge in [-0.15, -0.1) is 0 Å². The van der Waals surface area contributed by atoms with Crippen molar-refractivity contribution in [3.8, 4) is 0 Å². The zero-order chi connectivity index (χ0) is 22.6. The molecule has 0 spiro atoms. The highest BCUT2D eigenvalue weighted by Crippen LogP contribution is 2.37. The van der Waals surface area contributed by atoms with Crippen LogP contribution in [0.15, 0.2) is 42.5 Å². The van der Waals surface area contributed by atoms with Crippen LogP contribution >= 0.6 is 0 Å². The third kappa shape index (κ3) is 5.64. The molecule has 2 aromatic rings. The Labute approximate surface area is 178 Å². The third-order valence-corrected chi connectivity index (χ3v) is 5.88. The fourth-order valence-electron chi connectivity index (χ4n) is 3.61. The number of benzene rings is 2. The summed E-state index contributed by atoms with van der Waals surface area (Å²) in [7, 11) is -3.98. The van der Waals surface area contributed by atoms with E-state index in [4.69, 9.17) is 4.55 Å². The molecule has 0 aliphatic carbocycles. The third-order valence-electron chi connectivity index (χ3n) is 5.07. The highest BCUT2D eigenvalue weighted by atomic mass is 32.2. The minimum absolute atomic E-state index is 0.280. The molecule has 0 saturated carbocycles. The summed E-state index contributed by atoms with van der Waals surface area (Å²) in [5.74, 6) is -0.280. The Morgan fingerprint density at radius 2 is 1.81 bits per heavy atom. The molecule has 1 N–H and O–H groups in total. The van der Waals surface area contributed by atoms with Gasteiger partial charge in [-0.1, -0.05) is 18.2 Å². The van der Waals surface area contributed by atoms with Crippen LogP contribution in [0.1, 0.15) is 30.4 Å². The van der Waals surface area contributed by atoms with Crippen molar-refractivity contribution < 1.29 is 22.8 Å². The number of hydrogen-bond donors (Lipinski definition) is 1. The first-order valence-corrected chi connectivity index (χ1v) is 11.2. The van der Waals surface area contributed by atoms with E-state index in [0.29, 0.717) is 37.9 Å². The predicted octanol–water partition coefficient (Wildman–Crippen LogP) is 3.92. The van der Waals surface area contributed by atoms with Gasteiger partial charge in [0.05, 0.1) is 27.2 Å². The largest absolute Gasteiger partial charge is 0.371 e. The molecule has 1 heterocycles. The van der Waals surface area contributed by atoms with Crippen molar-refractivity contribution in [2.24, 2.45) is 0 Å². The second-order valence-electron chi connectivity index (χ2n) is 7.17. The summed E-state index contributed by atoms with van der Waals surface area (Å²) >= 11 is 0. The van der Waals surface area contributed by atoms with Gasteiger partial charge in [-0.05, 0) is 43.0 Å². The van der Waals surface area contributed by atoms with Gasteiger partial charge in [-0.3, -0.25) is 24.8 Å². The Bertz CT molecular complexity index is 1150. The molecule has 0 amide bonds. The molecule has 164 valence electrons. The lowest BCUT2D eigenvalue weighted by atomic mass is 9.93. The van der Waals surface area contributed by atoms with Gasteiger partial charge in [0.15, 0.2) is 0 Å². The average molecular weight is 447 g/mol. The lowest BCUT2D eigenvalue weighted by Gasteiger charge is -2.33. The van der Waals surface area contributed by atoms with Crippen LogP contribution in [0.4, 0.5) is 17.1 Å². The Hall–Kier alpha value is -3.31. The Balaban J connectivity index is 1.87. The van der Waals surface area contributed by atoms with Crippen LogP contribution in [0.25, 0.3) is 11.6 Å². The van der Waals surface area contributed by atoms with E-state index in [0.717, 1.165) is 22.9 Å². The van der Waals surface area contributed by atoms with Crippen LogP contribution in [-0.2, 0) is 10.1 Å². The van der Waals surface area contributed by atoms with Gasteiger partial charge in [0, 0.05) is 30.4 Å². The molecule has 0 unspecified atom stereocenters. The van der Waals surface area contributed by atoms with Crippen molar-refractivity contribution in [3.05, 3.63) is 73.8 Å². The summed E-state index contributed by atoms with van der Waals surface area (Å²) in [4.78, 5) is 23.2. The van der Waals surface area contributed by atoms with E-state index in [-0.39, 0.29) is 17.1 Å². The fraction of sp³-hybridized carbons (Fsp3) is 0.300. The molecule has 1 aliphatic rings. The van der Waals surface area contributed by atoms with E-state index in [1.54, 1.807) is 6.08 Å². The average Bonchev–Trinajstić information content (AvgIpc) is 2.71. The number of hydrogen-bond acceptors (Lipinski definition) is 7. The minimum Gasteiger partial charge on any atom is -0.371 e. The maximum atomic E-state index is 11.4. The number of para-hydroxylation sites is 1. The van der Waals surface area contributed by atoms with Gasteiger partial charge in [0.2, 0.25) is 0 Å². The monoisotopic (exact) mass is 447 g/mol. The Kier molecular flexibility index (Phi) is 6.66. The first-order chi connectivity index (χ1) is 14.7. The number of rotatable bonds is 8. The quantitative estimate of drug-likeness (QED) is 0.277. The van der Waals surface area contributed by atoms with Gasteiger partial charge >= 0.3 is 0 Å². The lowest BCUT2D eigenvalue weighted by Crippen LogP contribution is -2.30. The normalized spacial score (nSPS) is 15.0. The van der Waals surface area contributed by atoms with Crippen molar-refractivity contribution in [2.75, 3.05) is 23.7 Å². The van der Waals surface area contributed by atoms with E-state index in [9.17, 15) is 28.6 Å². The topological polar surface area (TPSA) is 144 Å². The molecular weight excluding hydrogens is 426 g/mol. The predicted molar refractivity (Wildman–Crippen MR) is 117 cm³/mol. The Morgan fingerprint density at radius 3 is 2.48 bits per heavy atom. The molecule has 0 aromatic heterocycles. The van der Waals surface area contributed by atoms with E-state index in [1.807, 2.05) is 24.3 Å². The molecule has 0 bridgehead atoms. The molecule has 1 aliphatic heterocycles.